The molecule has 1 aliphatic heterocycles. The van der Waals surface area contributed by atoms with E-state index in [4.69, 9.17) is 19.7 Å². The number of aliphatic hydroxyl groups excluding tert-OH is 5. The van der Waals surface area contributed by atoms with Gasteiger partial charge < -0.3 is 40.1 Å². The van der Waals surface area contributed by atoms with Gasteiger partial charge >= 0.3 is 5.97 Å². The van der Waals surface area contributed by atoms with Gasteiger partial charge in [0.1, 0.15) is 24.4 Å². The zero-order chi connectivity index (χ0) is 19.1. The Labute approximate surface area is 146 Å². The summed E-state index contributed by atoms with van der Waals surface area (Å²) in [7, 11) is 0. The first-order chi connectivity index (χ1) is 11.7. The molecule has 1 rings (SSSR count). The number of aliphatic carboxylic acids is 1. The van der Waals surface area contributed by atoms with Gasteiger partial charge in [0.15, 0.2) is 6.29 Å². The average Bonchev–Trinajstić information content (AvgIpc) is 2.58. The van der Waals surface area contributed by atoms with E-state index < -0.39 is 49.4 Å². The van der Waals surface area contributed by atoms with E-state index in [2.05, 4.69) is 0 Å². The van der Waals surface area contributed by atoms with Crippen molar-refractivity contribution < 1.29 is 44.9 Å². The molecule has 0 aromatic heterocycles. The smallest absolute Gasteiger partial charge is 0.330 e. The first kappa shape index (κ1) is 22.0. The molecule has 1 fully saturated rings. The van der Waals surface area contributed by atoms with Crippen molar-refractivity contribution in [2.24, 2.45) is 5.92 Å². The van der Waals surface area contributed by atoms with E-state index in [0.29, 0.717) is 6.42 Å². The minimum atomic E-state index is -1.50. The van der Waals surface area contributed by atoms with Crippen LogP contribution in [0.2, 0.25) is 0 Å². The monoisotopic (exact) mass is 364 g/mol. The molecule has 0 aromatic rings. The Bertz CT molecular complexity index is 451. The summed E-state index contributed by atoms with van der Waals surface area (Å²) in [5.74, 6) is -1.24. The minimum absolute atomic E-state index is 0.0997. The van der Waals surface area contributed by atoms with Gasteiger partial charge in [-0.3, -0.25) is 0 Å². The quantitative estimate of drug-likeness (QED) is 0.271. The van der Waals surface area contributed by atoms with Crippen LogP contribution in [0.15, 0.2) is 11.6 Å². The molecule has 1 aliphatic rings. The molecule has 25 heavy (non-hydrogen) atoms. The zero-order valence-corrected chi connectivity index (χ0v) is 14.4. The molecule has 7 atom stereocenters. The molecule has 9 nitrogen and oxygen atoms in total. The lowest BCUT2D eigenvalue weighted by Gasteiger charge is -2.39. The highest BCUT2D eigenvalue weighted by Gasteiger charge is 2.43. The molecule has 0 radical (unpaired) electrons. The third-order valence-electron chi connectivity index (χ3n) is 4.36. The highest BCUT2D eigenvalue weighted by Crippen LogP contribution is 2.22. The second-order valence-electron chi connectivity index (χ2n) is 6.33. The molecule has 9 heteroatoms. The van der Waals surface area contributed by atoms with Crippen LogP contribution in [0.4, 0.5) is 0 Å². The maximum atomic E-state index is 10.7. The second-order valence-corrected chi connectivity index (χ2v) is 6.33. The summed E-state index contributed by atoms with van der Waals surface area (Å²) in [5, 5.41) is 57.1. The molecule has 2 unspecified atom stereocenters. The van der Waals surface area contributed by atoms with Gasteiger partial charge in [-0.2, -0.15) is 0 Å². The Kier molecular flexibility index (Phi) is 8.94. The fraction of sp³-hybridized carbons (Fsp3) is 0.812. The van der Waals surface area contributed by atoms with Crippen LogP contribution in [0.1, 0.15) is 26.7 Å². The van der Waals surface area contributed by atoms with Crippen LogP contribution < -0.4 is 0 Å². The number of hydrogen-bond acceptors (Lipinski definition) is 8. The van der Waals surface area contributed by atoms with E-state index in [-0.39, 0.29) is 24.5 Å². The molecule has 6 N–H and O–H groups in total. The predicted octanol–water partition coefficient (Wildman–Crippen LogP) is -1.39. The van der Waals surface area contributed by atoms with E-state index in [1.807, 2.05) is 0 Å². The largest absolute Gasteiger partial charge is 0.478 e. The second kappa shape index (κ2) is 10.2. The lowest BCUT2D eigenvalue weighted by Crippen LogP contribution is -2.59. The maximum absolute atomic E-state index is 10.7. The van der Waals surface area contributed by atoms with Crippen molar-refractivity contribution in [1.82, 2.24) is 0 Å². The normalized spacial score (nSPS) is 33.1. The lowest BCUT2D eigenvalue weighted by molar-refractivity contribution is -0.301. The highest BCUT2D eigenvalue weighted by atomic mass is 16.7. The number of carbonyl (C=O) groups is 1. The van der Waals surface area contributed by atoms with Crippen molar-refractivity contribution in [2.75, 3.05) is 13.2 Å². The average molecular weight is 364 g/mol. The summed E-state index contributed by atoms with van der Waals surface area (Å²) in [4.78, 5) is 10.7. The van der Waals surface area contributed by atoms with Crippen molar-refractivity contribution in [3.05, 3.63) is 11.6 Å². The van der Waals surface area contributed by atoms with Gasteiger partial charge in [0.25, 0.3) is 0 Å². The molecular formula is C16H28O9. The number of rotatable bonds is 9. The van der Waals surface area contributed by atoms with Gasteiger partial charge in [0.2, 0.25) is 0 Å². The summed E-state index contributed by atoms with van der Waals surface area (Å²) in [6.07, 6.45) is -5.35. The number of aliphatic hydroxyl groups is 5. The standard InChI is InChI=1S/C16H28O9/c1-8(10(18)4-3-9(2)15(22)23)5-6-24-16-14(21)13(20)12(19)11(7-17)25-16/h3,8,10-14,16-21H,4-7H2,1-2H3,(H,22,23)/b9-3+/t8?,10?,11-,12-,13+,14-,16-/m1/s1. The first-order valence-corrected chi connectivity index (χ1v) is 8.19. The van der Waals surface area contributed by atoms with Crippen LogP contribution in [-0.4, -0.2) is 86.6 Å². The molecule has 0 saturated carbocycles. The molecule has 1 heterocycles. The molecule has 146 valence electrons. The van der Waals surface area contributed by atoms with Crippen molar-refractivity contribution in [3.63, 3.8) is 0 Å². The van der Waals surface area contributed by atoms with Crippen molar-refractivity contribution >= 4 is 5.97 Å². The summed E-state index contributed by atoms with van der Waals surface area (Å²) in [6, 6.07) is 0. The molecule has 1 saturated heterocycles. The SMILES string of the molecule is C/C(=C\CC(O)C(C)CCO[C@@H]1O[C@H](CO)[C@@H](O)[C@H](O)[C@H]1O)C(=O)O. The summed E-state index contributed by atoms with van der Waals surface area (Å²) >= 11 is 0. The number of carboxylic acid groups (broad SMARTS) is 1. The molecule has 0 spiro atoms. The van der Waals surface area contributed by atoms with Crippen LogP contribution in [-0.2, 0) is 14.3 Å². The van der Waals surface area contributed by atoms with E-state index in [0.717, 1.165) is 0 Å². The third-order valence-corrected chi connectivity index (χ3v) is 4.36. The van der Waals surface area contributed by atoms with Crippen LogP contribution in [0.3, 0.4) is 0 Å². The van der Waals surface area contributed by atoms with E-state index in [1.54, 1.807) is 6.92 Å². The number of carboxylic acids is 1. The summed E-state index contributed by atoms with van der Waals surface area (Å²) in [6.45, 7) is 2.78. The number of hydrogen-bond donors (Lipinski definition) is 6. The summed E-state index contributed by atoms with van der Waals surface area (Å²) < 4.78 is 10.6. The maximum Gasteiger partial charge on any atom is 0.330 e. The Hall–Kier alpha value is -1.07. The molecule has 0 amide bonds. The van der Waals surface area contributed by atoms with Crippen molar-refractivity contribution in [1.29, 1.82) is 0 Å². The fourth-order valence-electron chi connectivity index (χ4n) is 2.38. The van der Waals surface area contributed by atoms with Gasteiger partial charge in [0.05, 0.1) is 19.3 Å². The van der Waals surface area contributed by atoms with Crippen molar-refractivity contribution in [2.45, 2.75) is 63.5 Å². The Morgan fingerprint density at radius 3 is 2.44 bits per heavy atom. The van der Waals surface area contributed by atoms with Crippen LogP contribution >= 0.6 is 0 Å². The van der Waals surface area contributed by atoms with E-state index in [1.165, 1.54) is 13.0 Å². The van der Waals surface area contributed by atoms with Crippen molar-refractivity contribution in [3.8, 4) is 0 Å². The molecule has 0 bridgehead atoms. The molecule has 0 aromatic carbocycles. The fourth-order valence-corrected chi connectivity index (χ4v) is 2.38. The molecule has 0 aliphatic carbocycles. The minimum Gasteiger partial charge on any atom is -0.478 e. The van der Waals surface area contributed by atoms with Gasteiger partial charge in [-0.05, 0) is 25.7 Å². The van der Waals surface area contributed by atoms with E-state index >= 15 is 0 Å². The predicted molar refractivity (Wildman–Crippen MR) is 85.5 cm³/mol. The van der Waals surface area contributed by atoms with Gasteiger partial charge in [-0.1, -0.05) is 13.0 Å². The Morgan fingerprint density at radius 1 is 1.24 bits per heavy atom. The van der Waals surface area contributed by atoms with Gasteiger partial charge in [-0.25, -0.2) is 4.79 Å². The van der Waals surface area contributed by atoms with Crippen LogP contribution in [0, 0.1) is 5.92 Å². The van der Waals surface area contributed by atoms with Gasteiger partial charge in [0, 0.05) is 5.57 Å². The third kappa shape index (κ3) is 6.30. The first-order valence-electron chi connectivity index (χ1n) is 8.19. The van der Waals surface area contributed by atoms with Crippen LogP contribution in [0.5, 0.6) is 0 Å². The Balaban J connectivity index is 2.42. The molecular weight excluding hydrogens is 336 g/mol. The zero-order valence-electron chi connectivity index (χ0n) is 14.4. The number of ether oxygens (including phenoxy) is 2. The summed E-state index contributed by atoms with van der Waals surface area (Å²) in [5.41, 5.74) is 0.156. The highest BCUT2D eigenvalue weighted by molar-refractivity contribution is 5.85. The van der Waals surface area contributed by atoms with Gasteiger partial charge in [-0.15, -0.1) is 0 Å². The van der Waals surface area contributed by atoms with Crippen LogP contribution in [0.25, 0.3) is 0 Å². The topological polar surface area (TPSA) is 157 Å². The van der Waals surface area contributed by atoms with E-state index in [9.17, 15) is 25.2 Å². The Morgan fingerprint density at radius 2 is 1.88 bits per heavy atom. The lowest BCUT2D eigenvalue weighted by atomic mass is 9.97.